The number of methoxy groups -OCH3 is 1. The van der Waals surface area contributed by atoms with Gasteiger partial charge < -0.3 is 4.74 Å². The molecule has 0 aliphatic rings. The van der Waals surface area contributed by atoms with Gasteiger partial charge in [0.05, 0.1) is 12.7 Å². The summed E-state index contributed by atoms with van der Waals surface area (Å²) in [6, 6.07) is 3.34. The summed E-state index contributed by atoms with van der Waals surface area (Å²) >= 11 is 1.10. The molecule has 0 saturated heterocycles. The lowest BCUT2D eigenvalue weighted by Crippen LogP contribution is -2.05. The van der Waals surface area contributed by atoms with Gasteiger partial charge in [-0.3, -0.25) is 4.79 Å². The van der Waals surface area contributed by atoms with Gasteiger partial charge in [-0.2, -0.15) is 13.2 Å². The van der Waals surface area contributed by atoms with Crippen molar-refractivity contribution >= 4 is 17.6 Å². The Morgan fingerprint density at radius 2 is 2.05 bits per heavy atom. The van der Waals surface area contributed by atoms with Gasteiger partial charge in [0.1, 0.15) is 16.5 Å². The molecular weight excluding hydrogens is 279 g/mol. The first kappa shape index (κ1) is 13.5. The third kappa shape index (κ3) is 2.93. The van der Waals surface area contributed by atoms with Gasteiger partial charge in [-0.15, -0.1) is 11.3 Å². The molecule has 0 N–H and O–H groups in total. The van der Waals surface area contributed by atoms with Gasteiger partial charge in [0.15, 0.2) is 6.29 Å². The van der Waals surface area contributed by atoms with Crippen molar-refractivity contribution in [1.82, 2.24) is 4.98 Å². The van der Waals surface area contributed by atoms with Crippen LogP contribution in [0.1, 0.15) is 16.1 Å². The number of hydrogen-bond donors (Lipinski definition) is 0. The van der Waals surface area contributed by atoms with Crippen LogP contribution in [0.5, 0.6) is 5.75 Å². The van der Waals surface area contributed by atoms with Crippen molar-refractivity contribution in [3.63, 3.8) is 0 Å². The first-order chi connectivity index (χ1) is 8.94. The highest BCUT2D eigenvalue weighted by Gasteiger charge is 2.31. The number of halogens is 3. The third-order valence-corrected chi connectivity index (χ3v) is 3.27. The Labute approximate surface area is 110 Å². The number of aldehydes is 1. The van der Waals surface area contributed by atoms with Crippen LogP contribution in [-0.2, 0) is 6.18 Å². The lowest BCUT2D eigenvalue weighted by atomic mass is 10.1. The second-order valence-corrected chi connectivity index (χ2v) is 4.50. The minimum Gasteiger partial charge on any atom is -0.497 e. The number of nitrogens with zero attached hydrogens (tertiary/aromatic N) is 1. The van der Waals surface area contributed by atoms with E-state index < -0.39 is 11.7 Å². The van der Waals surface area contributed by atoms with Crippen molar-refractivity contribution < 1.29 is 22.7 Å². The van der Waals surface area contributed by atoms with Gasteiger partial charge in [-0.1, -0.05) is 0 Å². The standard InChI is InChI=1S/C12H8F3NO2S/c1-18-10-3-7(2-8(4-10)12(13,14)15)11-16-9(5-17)6-19-11/h2-6H,1H3. The van der Waals surface area contributed by atoms with E-state index in [4.69, 9.17) is 4.74 Å². The van der Waals surface area contributed by atoms with E-state index >= 15 is 0 Å². The van der Waals surface area contributed by atoms with Crippen molar-refractivity contribution in [3.05, 3.63) is 34.8 Å². The van der Waals surface area contributed by atoms with Crippen LogP contribution in [0, 0.1) is 0 Å². The SMILES string of the molecule is COc1cc(-c2nc(C=O)cs2)cc(C(F)(F)F)c1. The maximum Gasteiger partial charge on any atom is 0.416 e. The summed E-state index contributed by atoms with van der Waals surface area (Å²) in [6.45, 7) is 0. The lowest BCUT2D eigenvalue weighted by molar-refractivity contribution is -0.137. The summed E-state index contributed by atoms with van der Waals surface area (Å²) < 4.78 is 43.1. The number of carbonyl (C=O) groups is 1. The Morgan fingerprint density at radius 1 is 1.32 bits per heavy atom. The molecule has 1 aromatic heterocycles. The molecule has 2 rings (SSSR count). The molecule has 0 bridgehead atoms. The van der Waals surface area contributed by atoms with Crippen LogP contribution in [0.2, 0.25) is 0 Å². The Morgan fingerprint density at radius 3 is 2.58 bits per heavy atom. The quantitative estimate of drug-likeness (QED) is 0.809. The van der Waals surface area contributed by atoms with Gasteiger partial charge in [0.2, 0.25) is 0 Å². The molecule has 100 valence electrons. The minimum atomic E-state index is -4.46. The summed E-state index contributed by atoms with van der Waals surface area (Å²) in [5, 5.41) is 1.82. The maximum absolute atomic E-state index is 12.7. The summed E-state index contributed by atoms with van der Waals surface area (Å²) in [4.78, 5) is 14.5. The third-order valence-electron chi connectivity index (χ3n) is 2.36. The highest BCUT2D eigenvalue weighted by atomic mass is 32.1. The molecule has 2 aromatic rings. The van der Waals surface area contributed by atoms with Crippen LogP contribution in [0.4, 0.5) is 13.2 Å². The largest absolute Gasteiger partial charge is 0.497 e. The van der Waals surface area contributed by atoms with Crippen LogP contribution in [0.25, 0.3) is 10.6 Å². The van der Waals surface area contributed by atoms with Gasteiger partial charge in [-0.05, 0) is 18.2 Å². The van der Waals surface area contributed by atoms with E-state index in [1.165, 1.54) is 18.6 Å². The number of carbonyl (C=O) groups excluding carboxylic acids is 1. The van der Waals surface area contributed by atoms with Crippen LogP contribution >= 0.6 is 11.3 Å². The average molecular weight is 287 g/mol. The number of benzene rings is 1. The normalized spacial score (nSPS) is 11.4. The molecule has 7 heteroatoms. The van der Waals surface area contributed by atoms with Gasteiger partial charge in [-0.25, -0.2) is 4.98 Å². The smallest absolute Gasteiger partial charge is 0.416 e. The Bertz CT molecular complexity index is 607. The fourth-order valence-corrected chi connectivity index (χ4v) is 2.23. The zero-order valence-corrected chi connectivity index (χ0v) is 10.5. The predicted octanol–water partition coefficient (Wildman–Crippen LogP) is 3.65. The number of alkyl halides is 3. The molecule has 19 heavy (non-hydrogen) atoms. The van der Waals surface area contributed by atoms with E-state index in [-0.39, 0.29) is 17.0 Å². The average Bonchev–Trinajstić information content (AvgIpc) is 2.86. The number of ether oxygens (including phenoxy) is 1. The van der Waals surface area contributed by atoms with E-state index in [9.17, 15) is 18.0 Å². The van der Waals surface area contributed by atoms with Gasteiger partial charge in [0.25, 0.3) is 0 Å². The Hall–Kier alpha value is -1.89. The van der Waals surface area contributed by atoms with Gasteiger partial charge >= 0.3 is 6.18 Å². The van der Waals surface area contributed by atoms with Crippen LogP contribution in [-0.4, -0.2) is 18.4 Å². The fourth-order valence-electron chi connectivity index (χ4n) is 1.48. The molecule has 1 heterocycles. The van der Waals surface area contributed by atoms with Crippen molar-refractivity contribution in [2.75, 3.05) is 7.11 Å². The Balaban J connectivity index is 2.53. The van der Waals surface area contributed by atoms with E-state index in [1.807, 2.05) is 0 Å². The van der Waals surface area contributed by atoms with Crippen molar-refractivity contribution in [3.8, 4) is 16.3 Å². The lowest BCUT2D eigenvalue weighted by Gasteiger charge is -2.10. The predicted molar refractivity (Wildman–Crippen MR) is 64.5 cm³/mol. The molecule has 0 aliphatic carbocycles. The summed E-state index contributed by atoms with van der Waals surface area (Å²) in [5.74, 6) is 0.0904. The number of hydrogen-bond acceptors (Lipinski definition) is 4. The highest BCUT2D eigenvalue weighted by molar-refractivity contribution is 7.13. The van der Waals surface area contributed by atoms with E-state index in [1.54, 1.807) is 0 Å². The summed E-state index contributed by atoms with van der Waals surface area (Å²) in [6.07, 6.45) is -3.92. The summed E-state index contributed by atoms with van der Waals surface area (Å²) in [5.41, 5.74) is -0.356. The molecule has 0 atom stereocenters. The molecule has 1 aromatic carbocycles. The summed E-state index contributed by atoms with van der Waals surface area (Å²) in [7, 11) is 1.29. The van der Waals surface area contributed by atoms with Crippen LogP contribution in [0.15, 0.2) is 23.6 Å². The van der Waals surface area contributed by atoms with Crippen molar-refractivity contribution in [2.45, 2.75) is 6.18 Å². The zero-order chi connectivity index (χ0) is 14.0. The number of aromatic nitrogens is 1. The molecular formula is C12H8F3NO2S. The minimum absolute atomic E-state index is 0.0904. The van der Waals surface area contributed by atoms with Gasteiger partial charge in [0, 0.05) is 10.9 Å². The molecule has 0 radical (unpaired) electrons. The topological polar surface area (TPSA) is 39.2 Å². The molecule has 0 unspecified atom stereocenters. The maximum atomic E-state index is 12.7. The fraction of sp³-hybridized carbons (Fsp3) is 0.167. The monoisotopic (exact) mass is 287 g/mol. The molecule has 3 nitrogen and oxygen atoms in total. The molecule has 0 spiro atoms. The van der Waals surface area contributed by atoms with E-state index in [0.29, 0.717) is 11.3 Å². The first-order valence-corrected chi connectivity index (χ1v) is 5.99. The zero-order valence-electron chi connectivity index (χ0n) is 9.69. The van der Waals surface area contributed by atoms with Crippen LogP contribution in [0.3, 0.4) is 0 Å². The van der Waals surface area contributed by atoms with Crippen molar-refractivity contribution in [1.29, 1.82) is 0 Å². The molecule has 0 amide bonds. The van der Waals surface area contributed by atoms with Crippen molar-refractivity contribution in [2.24, 2.45) is 0 Å². The highest BCUT2D eigenvalue weighted by Crippen LogP contribution is 2.36. The van der Waals surface area contributed by atoms with E-state index in [0.717, 1.165) is 23.5 Å². The van der Waals surface area contributed by atoms with E-state index in [2.05, 4.69) is 4.98 Å². The number of thiazole rings is 1. The second-order valence-electron chi connectivity index (χ2n) is 3.64. The first-order valence-electron chi connectivity index (χ1n) is 5.11. The number of rotatable bonds is 3. The molecule has 0 saturated carbocycles. The molecule has 0 aliphatic heterocycles. The Kier molecular flexibility index (Phi) is 3.57. The van der Waals surface area contributed by atoms with Crippen LogP contribution < -0.4 is 4.74 Å². The molecule has 0 fully saturated rings. The second kappa shape index (κ2) is 5.00.